The van der Waals surface area contributed by atoms with Crippen molar-refractivity contribution in [1.82, 2.24) is 10.3 Å². The monoisotopic (exact) mass is 404 g/mol. The molecular weight excluding hydrogens is 376 g/mol. The van der Waals surface area contributed by atoms with Crippen LogP contribution in [0.2, 0.25) is 0 Å². The standard InChI is InChI=1S/C24H28N4O2/c25-22-7-3-6-19(28-22)16-8-9-21(17-5-2-1-4-15(16)17)30-13-12-29-11-10-20-23-18(14-27-20)24(23)26/h1-9,18,20,23-24,27H,10-14,26H2,(H2,25,28). The van der Waals surface area contributed by atoms with Gasteiger partial charge in [0.25, 0.3) is 0 Å². The Hall–Kier alpha value is -2.67. The number of piperidine rings is 1. The van der Waals surface area contributed by atoms with Crippen molar-refractivity contribution in [2.45, 2.75) is 18.5 Å². The topological polar surface area (TPSA) is 95.4 Å². The lowest BCUT2D eigenvalue weighted by molar-refractivity contribution is 0.0931. The Morgan fingerprint density at radius 1 is 0.967 bits per heavy atom. The number of anilines is 1. The molecule has 6 nitrogen and oxygen atoms in total. The lowest BCUT2D eigenvalue weighted by atomic mass is 10.0. The maximum Gasteiger partial charge on any atom is 0.127 e. The first-order chi connectivity index (χ1) is 14.7. The van der Waals surface area contributed by atoms with Crippen molar-refractivity contribution in [3.8, 4) is 17.0 Å². The number of benzene rings is 2. The number of aromatic nitrogens is 1. The summed E-state index contributed by atoms with van der Waals surface area (Å²) in [5.41, 5.74) is 13.8. The zero-order valence-corrected chi connectivity index (χ0v) is 17.0. The fraction of sp³-hybridized carbons (Fsp3) is 0.375. The number of nitrogens with one attached hydrogen (secondary N) is 1. The summed E-state index contributed by atoms with van der Waals surface area (Å²) in [6.45, 7) is 2.88. The van der Waals surface area contributed by atoms with Crippen molar-refractivity contribution >= 4 is 16.6 Å². The van der Waals surface area contributed by atoms with E-state index in [-0.39, 0.29) is 0 Å². The summed E-state index contributed by atoms with van der Waals surface area (Å²) in [7, 11) is 0. The number of rotatable bonds is 8. The number of ether oxygens (including phenoxy) is 2. The molecule has 5 N–H and O–H groups in total. The van der Waals surface area contributed by atoms with Crippen LogP contribution in [0.25, 0.3) is 22.0 Å². The minimum absolute atomic E-state index is 0.401. The van der Waals surface area contributed by atoms with Crippen LogP contribution < -0.4 is 21.5 Å². The molecule has 4 unspecified atom stereocenters. The quantitative estimate of drug-likeness (QED) is 0.500. The molecule has 1 aromatic heterocycles. The molecular formula is C24H28N4O2. The molecule has 0 amide bonds. The van der Waals surface area contributed by atoms with E-state index >= 15 is 0 Å². The van der Waals surface area contributed by atoms with E-state index < -0.39 is 0 Å². The molecule has 0 radical (unpaired) electrons. The van der Waals surface area contributed by atoms with Crippen molar-refractivity contribution in [2.75, 3.05) is 32.1 Å². The summed E-state index contributed by atoms with van der Waals surface area (Å²) < 4.78 is 11.9. The van der Waals surface area contributed by atoms with Gasteiger partial charge in [-0.05, 0) is 47.9 Å². The number of nitrogens with zero attached hydrogens (tertiary/aromatic N) is 1. The molecule has 2 fully saturated rings. The van der Waals surface area contributed by atoms with Crippen LogP contribution in [0.1, 0.15) is 6.42 Å². The minimum atomic E-state index is 0.401. The fourth-order valence-corrected chi connectivity index (χ4v) is 4.73. The Kier molecular flexibility index (Phi) is 5.29. The van der Waals surface area contributed by atoms with Gasteiger partial charge in [0.05, 0.1) is 12.3 Å². The van der Waals surface area contributed by atoms with Gasteiger partial charge in [0.15, 0.2) is 0 Å². The third kappa shape index (κ3) is 3.74. The lowest BCUT2D eigenvalue weighted by Crippen LogP contribution is -2.33. The van der Waals surface area contributed by atoms with Crippen molar-refractivity contribution in [3.63, 3.8) is 0 Å². The molecule has 1 aliphatic carbocycles. The summed E-state index contributed by atoms with van der Waals surface area (Å²) in [5, 5.41) is 5.69. The van der Waals surface area contributed by atoms with Crippen molar-refractivity contribution in [3.05, 3.63) is 54.6 Å². The highest BCUT2D eigenvalue weighted by atomic mass is 16.5. The second kappa shape index (κ2) is 8.22. The first kappa shape index (κ1) is 19.3. The molecule has 2 aliphatic rings. The highest BCUT2D eigenvalue weighted by Gasteiger charge is 2.55. The third-order valence-corrected chi connectivity index (χ3v) is 6.36. The number of pyridine rings is 1. The van der Waals surface area contributed by atoms with Crippen molar-refractivity contribution in [2.24, 2.45) is 17.6 Å². The summed E-state index contributed by atoms with van der Waals surface area (Å²) in [6, 6.07) is 18.9. The predicted octanol–water partition coefficient (Wildman–Crippen LogP) is 2.81. The van der Waals surface area contributed by atoms with Crippen LogP contribution >= 0.6 is 0 Å². The summed E-state index contributed by atoms with van der Waals surface area (Å²) in [5.74, 6) is 2.72. The van der Waals surface area contributed by atoms with Crippen LogP contribution in [-0.4, -0.2) is 43.4 Å². The molecule has 4 atom stereocenters. The second-order valence-corrected chi connectivity index (χ2v) is 8.19. The van der Waals surface area contributed by atoms with Crippen LogP contribution in [0.4, 0.5) is 5.82 Å². The molecule has 1 aliphatic heterocycles. The third-order valence-electron chi connectivity index (χ3n) is 6.36. The average molecular weight is 405 g/mol. The van der Waals surface area contributed by atoms with E-state index in [1.165, 1.54) is 0 Å². The molecule has 2 aromatic carbocycles. The molecule has 30 heavy (non-hydrogen) atoms. The Morgan fingerprint density at radius 3 is 2.63 bits per heavy atom. The Bertz CT molecular complexity index is 1040. The highest BCUT2D eigenvalue weighted by Crippen LogP contribution is 2.44. The SMILES string of the molecule is Nc1cccc(-c2ccc(OCCOCCC3NCC4C(N)C34)c3ccccc23)n1. The Labute approximate surface area is 176 Å². The molecule has 156 valence electrons. The predicted molar refractivity (Wildman–Crippen MR) is 119 cm³/mol. The smallest absolute Gasteiger partial charge is 0.127 e. The largest absolute Gasteiger partial charge is 0.491 e. The first-order valence-corrected chi connectivity index (χ1v) is 10.7. The normalized spacial score (nSPS) is 24.7. The molecule has 1 saturated heterocycles. The highest BCUT2D eigenvalue weighted by molar-refractivity contribution is 5.99. The van der Waals surface area contributed by atoms with Gasteiger partial charge in [0.2, 0.25) is 0 Å². The van der Waals surface area contributed by atoms with Gasteiger partial charge < -0.3 is 26.3 Å². The molecule has 1 saturated carbocycles. The maximum atomic E-state index is 6.07. The van der Waals surface area contributed by atoms with Crippen LogP contribution in [-0.2, 0) is 4.74 Å². The van der Waals surface area contributed by atoms with E-state index in [4.69, 9.17) is 20.9 Å². The molecule has 0 bridgehead atoms. The molecule has 3 aromatic rings. The van der Waals surface area contributed by atoms with Gasteiger partial charge in [-0.15, -0.1) is 0 Å². The van der Waals surface area contributed by atoms with Crippen LogP contribution in [0, 0.1) is 11.8 Å². The Balaban J connectivity index is 1.19. The summed E-state index contributed by atoms with van der Waals surface area (Å²) in [4.78, 5) is 4.47. The first-order valence-electron chi connectivity index (χ1n) is 10.7. The van der Waals surface area contributed by atoms with Gasteiger partial charge in [0.1, 0.15) is 18.2 Å². The van der Waals surface area contributed by atoms with E-state index in [9.17, 15) is 0 Å². The Morgan fingerprint density at radius 2 is 1.83 bits per heavy atom. The van der Waals surface area contributed by atoms with Gasteiger partial charge in [-0.3, -0.25) is 0 Å². The van der Waals surface area contributed by atoms with Crippen LogP contribution in [0.15, 0.2) is 54.6 Å². The van der Waals surface area contributed by atoms with E-state index in [2.05, 4.69) is 22.4 Å². The summed E-state index contributed by atoms with van der Waals surface area (Å²) >= 11 is 0. The number of nitrogen functional groups attached to an aromatic ring is 1. The number of fused-ring (bicyclic) bond motifs is 2. The number of nitrogens with two attached hydrogens (primary N) is 2. The zero-order chi connectivity index (χ0) is 20.5. The number of hydrogen-bond acceptors (Lipinski definition) is 6. The molecule has 5 rings (SSSR count). The van der Waals surface area contributed by atoms with Gasteiger partial charge in [-0.25, -0.2) is 4.98 Å². The maximum absolute atomic E-state index is 6.07. The van der Waals surface area contributed by atoms with E-state index in [0.29, 0.717) is 43.0 Å². The fourth-order valence-electron chi connectivity index (χ4n) is 4.73. The van der Waals surface area contributed by atoms with E-state index in [0.717, 1.165) is 47.4 Å². The van der Waals surface area contributed by atoms with E-state index in [1.807, 2.05) is 36.4 Å². The van der Waals surface area contributed by atoms with Crippen LogP contribution in [0.3, 0.4) is 0 Å². The summed E-state index contributed by atoms with van der Waals surface area (Å²) in [6.07, 6.45) is 1.01. The van der Waals surface area contributed by atoms with Gasteiger partial charge >= 0.3 is 0 Å². The van der Waals surface area contributed by atoms with Crippen molar-refractivity contribution < 1.29 is 9.47 Å². The van der Waals surface area contributed by atoms with Crippen molar-refractivity contribution in [1.29, 1.82) is 0 Å². The molecule has 2 heterocycles. The average Bonchev–Trinajstić information content (AvgIpc) is 3.20. The molecule has 6 heteroatoms. The second-order valence-electron chi connectivity index (χ2n) is 8.19. The van der Waals surface area contributed by atoms with Gasteiger partial charge in [0, 0.05) is 36.2 Å². The van der Waals surface area contributed by atoms with Gasteiger partial charge in [-0.1, -0.05) is 30.3 Å². The van der Waals surface area contributed by atoms with Gasteiger partial charge in [-0.2, -0.15) is 0 Å². The lowest BCUT2D eigenvalue weighted by Gasteiger charge is -2.15. The van der Waals surface area contributed by atoms with E-state index in [1.54, 1.807) is 6.07 Å². The number of hydrogen-bond donors (Lipinski definition) is 3. The zero-order valence-electron chi connectivity index (χ0n) is 17.0. The van der Waals surface area contributed by atoms with Crippen LogP contribution in [0.5, 0.6) is 5.75 Å². The molecule has 0 spiro atoms. The minimum Gasteiger partial charge on any atom is -0.491 e.